The first-order valence-electron chi connectivity index (χ1n) is 9.86. The predicted molar refractivity (Wildman–Crippen MR) is 106 cm³/mol. The third-order valence-electron chi connectivity index (χ3n) is 4.20. The number of nitrogens with one attached hydrogen (secondary N) is 1. The van der Waals surface area contributed by atoms with Gasteiger partial charge in [0.25, 0.3) is 5.91 Å². The van der Waals surface area contributed by atoms with Crippen LogP contribution in [0.2, 0.25) is 0 Å². The number of aliphatic carboxylic acids is 1. The van der Waals surface area contributed by atoms with Crippen molar-refractivity contribution >= 4 is 18.0 Å². The molecule has 0 unspecified atom stereocenters. The van der Waals surface area contributed by atoms with Crippen molar-refractivity contribution in [3.63, 3.8) is 0 Å². The maximum absolute atomic E-state index is 12.0. The highest BCUT2D eigenvalue weighted by molar-refractivity contribution is 5.92. The van der Waals surface area contributed by atoms with Crippen LogP contribution in [-0.4, -0.2) is 39.7 Å². The van der Waals surface area contributed by atoms with Gasteiger partial charge in [-0.2, -0.15) is 0 Å². The minimum atomic E-state index is -0.881. The van der Waals surface area contributed by atoms with Gasteiger partial charge in [0.15, 0.2) is 0 Å². The Kier molecular flexibility index (Phi) is 11.8. The van der Waals surface area contributed by atoms with E-state index in [-0.39, 0.29) is 18.0 Å². The second-order valence-corrected chi connectivity index (χ2v) is 6.68. The molecule has 1 rings (SSSR count). The predicted octanol–water partition coefficient (Wildman–Crippen LogP) is 3.80. The summed E-state index contributed by atoms with van der Waals surface area (Å²) in [4.78, 5) is 26.8. The second kappa shape index (κ2) is 13.9. The molecule has 0 spiro atoms. The largest absolute Gasteiger partial charge is 0.481 e. The molecule has 27 heavy (non-hydrogen) atoms. The van der Waals surface area contributed by atoms with E-state index in [9.17, 15) is 14.7 Å². The van der Waals surface area contributed by atoms with Crippen molar-refractivity contribution in [2.24, 2.45) is 0 Å². The lowest BCUT2D eigenvalue weighted by molar-refractivity contribution is -0.137. The number of aliphatic hydroxyl groups is 1. The fourth-order valence-corrected chi connectivity index (χ4v) is 2.64. The number of aromatic nitrogens is 1. The summed E-state index contributed by atoms with van der Waals surface area (Å²) in [6.45, 7) is 2.49. The minimum absolute atomic E-state index is 0.0208. The summed E-state index contributed by atoms with van der Waals surface area (Å²) in [5.74, 6) is -1.21. The number of rotatable bonds is 14. The minimum Gasteiger partial charge on any atom is -0.481 e. The van der Waals surface area contributed by atoms with E-state index in [1.807, 2.05) is 0 Å². The van der Waals surface area contributed by atoms with Crippen LogP contribution in [0, 0.1) is 0 Å². The molecular weight excluding hydrogens is 344 g/mol. The quantitative estimate of drug-likeness (QED) is 0.429. The number of hydrogen-bond donors (Lipinski definition) is 3. The molecule has 6 nitrogen and oxygen atoms in total. The lowest BCUT2D eigenvalue weighted by atomic mass is 10.1. The summed E-state index contributed by atoms with van der Waals surface area (Å²) in [6, 6.07) is 5.12. The average Bonchev–Trinajstić information content (AvgIpc) is 2.66. The fraction of sp³-hybridized carbons (Fsp3) is 0.571. The third-order valence-corrected chi connectivity index (χ3v) is 4.20. The number of unbranched alkanes of at least 4 members (excludes halogenated alkanes) is 5. The van der Waals surface area contributed by atoms with E-state index in [1.54, 1.807) is 30.4 Å². The molecule has 1 amide bonds. The molecule has 6 heteroatoms. The zero-order valence-electron chi connectivity index (χ0n) is 16.2. The van der Waals surface area contributed by atoms with E-state index in [2.05, 4.69) is 17.2 Å². The molecular formula is C21H32N2O4. The Balaban J connectivity index is 2.38. The molecule has 150 valence electrons. The lowest BCUT2D eigenvalue weighted by Gasteiger charge is -2.06. The van der Waals surface area contributed by atoms with Crippen LogP contribution in [0.5, 0.6) is 0 Å². The van der Waals surface area contributed by atoms with Gasteiger partial charge in [-0.05, 0) is 31.1 Å². The first-order valence-corrected chi connectivity index (χ1v) is 9.86. The van der Waals surface area contributed by atoms with E-state index in [1.165, 1.54) is 25.7 Å². The van der Waals surface area contributed by atoms with Crippen molar-refractivity contribution in [2.45, 2.75) is 70.8 Å². The summed E-state index contributed by atoms with van der Waals surface area (Å²) in [6.07, 6.45) is 11.2. The third kappa shape index (κ3) is 11.2. The average molecular weight is 376 g/mol. The molecule has 0 saturated heterocycles. The van der Waals surface area contributed by atoms with Crippen molar-refractivity contribution in [3.05, 3.63) is 35.7 Å². The number of hydrogen-bond acceptors (Lipinski definition) is 4. The molecule has 0 aliphatic carbocycles. The molecule has 0 fully saturated rings. The molecule has 0 aromatic carbocycles. The maximum Gasteiger partial charge on any atom is 0.303 e. The Bertz CT molecular complexity index is 602. The number of carboxylic acids is 1. The van der Waals surface area contributed by atoms with E-state index < -0.39 is 12.1 Å². The summed E-state index contributed by atoms with van der Waals surface area (Å²) >= 11 is 0. The highest BCUT2D eigenvalue weighted by Crippen LogP contribution is 2.10. The van der Waals surface area contributed by atoms with Gasteiger partial charge >= 0.3 is 5.97 Å². The number of aliphatic hydroxyl groups excluding tert-OH is 1. The van der Waals surface area contributed by atoms with Gasteiger partial charge in [-0.1, -0.05) is 57.6 Å². The molecule has 1 aromatic heterocycles. The first-order chi connectivity index (χ1) is 13.0. The van der Waals surface area contributed by atoms with E-state index >= 15 is 0 Å². The number of nitrogens with zero attached hydrogens (tertiary/aromatic N) is 1. The molecule has 1 heterocycles. The van der Waals surface area contributed by atoms with E-state index in [0.29, 0.717) is 18.7 Å². The summed E-state index contributed by atoms with van der Waals surface area (Å²) in [5.41, 5.74) is 0.882. The first kappa shape index (κ1) is 22.8. The fourth-order valence-electron chi connectivity index (χ4n) is 2.64. The number of pyridine rings is 1. The van der Waals surface area contributed by atoms with Crippen molar-refractivity contribution in [1.82, 2.24) is 10.3 Å². The van der Waals surface area contributed by atoms with Crippen LogP contribution in [0.25, 0.3) is 6.08 Å². The Hall–Kier alpha value is -2.21. The Morgan fingerprint density at radius 2 is 1.89 bits per heavy atom. The number of carboxylic acid groups (broad SMARTS) is 1. The second-order valence-electron chi connectivity index (χ2n) is 6.68. The van der Waals surface area contributed by atoms with Gasteiger partial charge in [-0.25, -0.2) is 4.98 Å². The highest BCUT2D eigenvalue weighted by Gasteiger charge is 2.07. The van der Waals surface area contributed by atoms with Crippen molar-refractivity contribution in [1.29, 1.82) is 0 Å². The zero-order valence-corrected chi connectivity index (χ0v) is 16.2. The van der Waals surface area contributed by atoms with Gasteiger partial charge in [0.1, 0.15) is 5.69 Å². The van der Waals surface area contributed by atoms with Gasteiger partial charge in [-0.15, -0.1) is 0 Å². The van der Waals surface area contributed by atoms with Crippen LogP contribution in [0.15, 0.2) is 24.3 Å². The van der Waals surface area contributed by atoms with Crippen LogP contribution >= 0.6 is 0 Å². The van der Waals surface area contributed by atoms with Gasteiger partial charge in [0.2, 0.25) is 0 Å². The zero-order chi connectivity index (χ0) is 19.9. The SMILES string of the molecule is CCCCCCCC[C@H](O)/C=C/c1cccc(C(=O)NCCCC(=O)O)n1. The monoisotopic (exact) mass is 376 g/mol. The van der Waals surface area contributed by atoms with E-state index in [0.717, 1.165) is 19.3 Å². The van der Waals surface area contributed by atoms with Crippen molar-refractivity contribution < 1.29 is 19.8 Å². The van der Waals surface area contributed by atoms with E-state index in [4.69, 9.17) is 5.11 Å². The smallest absolute Gasteiger partial charge is 0.303 e. The van der Waals surface area contributed by atoms with Crippen molar-refractivity contribution in [3.8, 4) is 0 Å². The summed E-state index contributed by atoms with van der Waals surface area (Å²) in [5, 5.41) is 21.3. The maximum atomic E-state index is 12.0. The molecule has 1 aromatic rings. The normalized spacial score (nSPS) is 12.2. The number of carbonyl (C=O) groups is 2. The molecule has 0 radical (unpaired) electrons. The van der Waals surface area contributed by atoms with Crippen LogP contribution in [0.4, 0.5) is 0 Å². The van der Waals surface area contributed by atoms with Gasteiger partial charge < -0.3 is 15.5 Å². The van der Waals surface area contributed by atoms with Crippen molar-refractivity contribution in [2.75, 3.05) is 6.54 Å². The van der Waals surface area contributed by atoms with Gasteiger partial charge in [0.05, 0.1) is 11.8 Å². The van der Waals surface area contributed by atoms with Gasteiger partial charge in [0, 0.05) is 13.0 Å². The lowest BCUT2D eigenvalue weighted by Crippen LogP contribution is -2.25. The Morgan fingerprint density at radius 1 is 1.15 bits per heavy atom. The van der Waals surface area contributed by atoms with Crippen LogP contribution in [-0.2, 0) is 4.79 Å². The molecule has 3 N–H and O–H groups in total. The topological polar surface area (TPSA) is 99.5 Å². The molecule has 1 atom stereocenters. The standard InChI is InChI=1S/C21H32N2O4/c1-2-3-4-5-6-7-11-18(24)15-14-17-10-8-12-19(23-17)21(27)22-16-9-13-20(25)26/h8,10,12,14-15,18,24H,2-7,9,11,13,16H2,1H3,(H,22,27)(H,25,26)/b15-14+/t18-/m0/s1. The summed E-state index contributed by atoms with van der Waals surface area (Å²) < 4.78 is 0. The molecule has 0 aliphatic rings. The highest BCUT2D eigenvalue weighted by atomic mass is 16.4. The number of amides is 1. The van der Waals surface area contributed by atoms with Crippen LogP contribution in [0.3, 0.4) is 0 Å². The number of carbonyl (C=O) groups excluding carboxylic acids is 1. The van der Waals surface area contributed by atoms with Crippen LogP contribution < -0.4 is 5.32 Å². The Morgan fingerprint density at radius 3 is 2.63 bits per heavy atom. The molecule has 0 aliphatic heterocycles. The van der Waals surface area contributed by atoms with Crippen LogP contribution in [0.1, 0.15) is 80.9 Å². The Labute approximate surface area is 161 Å². The molecule has 0 bridgehead atoms. The molecule has 0 saturated carbocycles. The summed E-state index contributed by atoms with van der Waals surface area (Å²) in [7, 11) is 0. The van der Waals surface area contributed by atoms with Gasteiger partial charge in [-0.3, -0.25) is 9.59 Å².